The van der Waals surface area contributed by atoms with Gasteiger partial charge in [0, 0.05) is 0 Å². The molecule has 0 saturated heterocycles. The van der Waals surface area contributed by atoms with E-state index in [1.54, 1.807) is 0 Å². The highest BCUT2D eigenvalue weighted by Crippen LogP contribution is 2.47. The summed E-state index contributed by atoms with van der Waals surface area (Å²) >= 11 is 0. The summed E-state index contributed by atoms with van der Waals surface area (Å²) in [5, 5.41) is 10.8. The monoisotopic (exact) mass is 250 g/mol. The largest absolute Gasteiger partial charge is 0.393 e. The van der Waals surface area contributed by atoms with Crippen LogP contribution in [-0.2, 0) is 0 Å². The molecule has 3 fully saturated rings. The molecule has 0 aliphatic heterocycles. The molecule has 0 heterocycles. The predicted octanol–water partition coefficient (Wildman–Crippen LogP) is 4.53. The second-order valence-corrected chi connectivity index (χ2v) is 7.19. The third-order valence-corrected chi connectivity index (χ3v) is 6.20. The molecule has 3 aliphatic carbocycles. The maximum atomic E-state index is 10.8. The zero-order chi connectivity index (χ0) is 12.4. The maximum Gasteiger partial charge on any atom is 0.0599 e. The summed E-state index contributed by atoms with van der Waals surface area (Å²) in [6.07, 6.45) is 16.7. The van der Waals surface area contributed by atoms with Crippen molar-refractivity contribution in [2.75, 3.05) is 0 Å². The second kappa shape index (κ2) is 5.94. The molecule has 3 aliphatic rings. The van der Waals surface area contributed by atoms with E-state index in [0.29, 0.717) is 11.8 Å². The number of hydrogen-bond donors (Lipinski definition) is 1. The first-order valence-electron chi connectivity index (χ1n) is 8.54. The summed E-state index contributed by atoms with van der Waals surface area (Å²) in [4.78, 5) is 0. The van der Waals surface area contributed by atoms with E-state index in [2.05, 4.69) is 0 Å². The summed E-state index contributed by atoms with van der Waals surface area (Å²) in [5.41, 5.74) is 0. The zero-order valence-corrected chi connectivity index (χ0v) is 11.8. The molecule has 1 N–H and O–H groups in total. The topological polar surface area (TPSA) is 20.2 Å². The molecule has 1 heteroatoms. The first kappa shape index (κ1) is 13.0. The molecule has 0 aromatic rings. The van der Waals surface area contributed by atoms with Crippen LogP contribution in [0.5, 0.6) is 0 Å². The van der Waals surface area contributed by atoms with Crippen LogP contribution in [0.1, 0.15) is 77.0 Å². The van der Waals surface area contributed by atoms with E-state index in [-0.39, 0.29) is 6.10 Å². The van der Waals surface area contributed by atoms with Crippen LogP contribution < -0.4 is 0 Å². The molecule has 0 amide bonds. The van der Waals surface area contributed by atoms with Gasteiger partial charge in [0.25, 0.3) is 0 Å². The van der Waals surface area contributed by atoms with E-state index in [1.165, 1.54) is 77.0 Å². The third kappa shape index (κ3) is 2.61. The van der Waals surface area contributed by atoms with E-state index < -0.39 is 0 Å². The van der Waals surface area contributed by atoms with Gasteiger partial charge in [-0.05, 0) is 49.4 Å². The number of aliphatic hydroxyl groups excluding tert-OH is 1. The molecule has 18 heavy (non-hydrogen) atoms. The minimum Gasteiger partial charge on any atom is -0.393 e. The zero-order valence-electron chi connectivity index (χ0n) is 11.8. The van der Waals surface area contributed by atoms with Gasteiger partial charge in [0.05, 0.1) is 6.10 Å². The molecule has 0 bridgehead atoms. The smallest absolute Gasteiger partial charge is 0.0599 e. The highest BCUT2D eigenvalue weighted by Gasteiger charge is 2.40. The number of rotatable bonds is 2. The van der Waals surface area contributed by atoms with Gasteiger partial charge in [-0.1, -0.05) is 51.4 Å². The first-order valence-corrected chi connectivity index (χ1v) is 8.54. The molecule has 0 radical (unpaired) electrons. The van der Waals surface area contributed by atoms with Gasteiger partial charge in [0.15, 0.2) is 0 Å². The van der Waals surface area contributed by atoms with Crippen molar-refractivity contribution in [3.8, 4) is 0 Å². The molecule has 4 atom stereocenters. The van der Waals surface area contributed by atoms with Crippen LogP contribution in [0.15, 0.2) is 0 Å². The summed E-state index contributed by atoms with van der Waals surface area (Å²) in [6, 6.07) is 0. The van der Waals surface area contributed by atoms with Crippen LogP contribution >= 0.6 is 0 Å². The normalized spacial score (nSPS) is 40.2. The van der Waals surface area contributed by atoms with Crippen molar-refractivity contribution in [1.29, 1.82) is 0 Å². The van der Waals surface area contributed by atoms with Crippen molar-refractivity contribution in [3.63, 3.8) is 0 Å². The highest BCUT2D eigenvalue weighted by molar-refractivity contribution is 4.91. The minimum absolute atomic E-state index is 0.0381. The fourth-order valence-electron chi connectivity index (χ4n) is 5.24. The number of hydrogen-bond acceptors (Lipinski definition) is 1. The summed E-state index contributed by atoms with van der Waals surface area (Å²) in [6.45, 7) is 0. The van der Waals surface area contributed by atoms with Gasteiger partial charge in [-0.3, -0.25) is 0 Å². The highest BCUT2D eigenvalue weighted by atomic mass is 16.3. The van der Waals surface area contributed by atoms with Crippen molar-refractivity contribution >= 4 is 0 Å². The van der Waals surface area contributed by atoms with Crippen LogP contribution in [0.3, 0.4) is 0 Å². The van der Waals surface area contributed by atoms with Gasteiger partial charge in [0.2, 0.25) is 0 Å². The standard InChI is InChI=1S/C17H30O/c18-17(14-8-2-1-3-9-14)16-12-6-10-13-7-4-5-11-15(13)16/h13-18H,1-12H2. The van der Waals surface area contributed by atoms with Crippen LogP contribution in [0, 0.1) is 23.7 Å². The Morgan fingerprint density at radius 2 is 1.33 bits per heavy atom. The second-order valence-electron chi connectivity index (χ2n) is 7.19. The van der Waals surface area contributed by atoms with Gasteiger partial charge in [-0.2, -0.15) is 0 Å². The van der Waals surface area contributed by atoms with Crippen LogP contribution in [0.25, 0.3) is 0 Å². The molecule has 0 aromatic carbocycles. The lowest BCUT2D eigenvalue weighted by atomic mass is 9.62. The molecule has 104 valence electrons. The van der Waals surface area contributed by atoms with Gasteiger partial charge in [0.1, 0.15) is 0 Å². The SMILES string of the molecule is OC(C1CCCCC1)C1CCCC2CCCCC21. The summed E-state index contributed by atoms with van der Waals surface area (Å²) in [5.74, 6) is 3.15. The summed E-state index contributed by atoms with van der Waals surface area (Å²) in [7, 11) is 0. The quantitative estimate of drug-likeness (QED) is 0.763. The minimum atomic E-state index is 0.0381. The third-order valence-electron chi connectivity index (χ3n) is 6.20. The Balaban J connectivity index is 1.65. The lowest BCUT2D eigenvalue weighted by molar-refractivity contribution is -0.0358. The molecule has 1 nitrogen and oxygen atoms in total. The lowest BCUT2D eigenvalue weighted by Gasteiger charge is -2.45. The van der Waals surface area contributed by atoms with Crippen molar-refractivity contribution in [2.24, 2.45) is 23.7 Å². The van der Waals surface area contributed by atoms with Crippen molar-refractivity contribution in [3.05, 3.63) is 0 Å². The van der Waals surface area contributed by atoms with Crippen molar-refractivity contribution in [2.45, 2.75) is 83.2 Å². The molecule has 3 rings (SSSR count). The fourth-order valence-corrected chi connectivity index (χ4v) is 5.24. The van der Waals surface area contributed by atoms with Gasteiger partial charge < -0.3 is 5.11 Å². The van der Waals surface area contributed by atoms with Crippen molar-refractivity contribution < 1.29 is 5.11 Å². The maximum absolute atomic E-state index is 10.8. The Hall–Kier alpha value is -0.0400. The molecular weight excluding hydrogens is 220 g/mol. The average molecular weight is 250 g/mol. The fraction of sp³-hybridized carbons (Fsp3) is 1.00. The molecule has 4 unspecified atom stereocenters. The summed E-state index contributed by atoms with van der Waals surface area (Å²) < 4.78 is 0. The van der Waals surface area contributed by atoms with E-state index in [9.17, 15) is 5.11 Å². The Bertz CT molecular complexity index is 254. The first-order chi connectivity index (χ1) is 8.86. The Morgan fingerprint density at radius 3 is 2.17 bits per heavy atom. The van der Waals surface area contributed by atoms with Gasteiger partial charge in [-0.25, -0.2) is 0 Å². The van der Waals surface area contributed by atoms with Crippen LogP contribution in [-0.4, -0.2) is 11.2 Å². The number of aliphatic hydroxyl groups is 1. The lowest BCUT2D eigenvalue weighted by Crippen LogP contribution is -2.41. The van der Waals surface area contributed by atoms with E-state index in [1.807, 2.05) is 0 Å². The molecule has 0 aromatic heterocycles. The Labute approximate surface area is 112 Å². The molecular formula is C17H30O. The van der Waals surface area contributed by atoms with E-state index in [0.717, 1.165) is 11.8 Å². The van der Waals surface area contributed by atoms with Gasteiger partial charge in [-0.15, -0.1) is 0 Å². The van der Waals surface area contributed by atoms with E-state index in [4.69, 9.17) is 0 Å². The van der Waals surface area contributed by atoms with Crippen LogP contribution in [0.4, 0.5) is 0 Å². The number of fused-ring (bicyclic) bond motifs is 1. The molecule has 0 spiro atoms. The van der Waals surface area contributed by atoms with E-state index >= 15 is 0 Å². The predicted molar refractivity (Wildman–Crippen MR) is 75.4 cm³/mol. The average Bonchev–Trinajstić information content (AvgIpc) is 2.47. The van der Waals surface area contributed by atoms with Crippen LogP contribution in [0.2, 0.25) is 0 Å². The van der Waals surface area contributed by atoms with Gasteiger partial charge >= 0.3 is 0 Å². The molecule has 3 saturated carbocycles. The Morgan fingerprint density at radius 1 is 0.667 bits per heavy atom. The van der Waals surface area contributed by atoms with Crippen molar-refractivity contribution in [1.82, 2.24) is 0 Å². The Kier molecular flexibility index (Phi) is 4.28.